The van der Waals surface area contributed by atoms with Crippen molar-refractivity contribution in [2.24, 2.45) is 0 Å². The number of amides is 3. The number of imide groups is 1. The second-order valence-corrected chi connectivity index (χ2v) is 6.14. The van der Waals surface area contributed by atoms with Gasteiger partial charge < -0.3 is 14.1 Å². The minimum absolute atomic E-state index is 0.233. The molecule has 8 nitrogen and oxygen atoms in total. The van der Waals surface area contributed by atoms with E-state index >= 15 is 0 Å². The lowest BCUT2D eigenvalue weighted by Crippen LogP contribution is -2.44. The lowest BCUT2D eigenvalue weighted by atomic mass is 10.1. The number of furan rings is 1. The van der Waals surface area contributed by atoms with Gasteiger partial charge in [-0.1, -0.05) is 12.1 Å². The highest BCUT2D eigenvalue weighted by Crippen LogP contribution is 2.24. The summed E-state index contributed by atoms with van der Waals surface area (Å²) in [5, 5.41) is 0. The summed E-state index contributed by atoms with van der Waals surface area (Å²) < 4.78 is 10.2. The molecule has 1 aromatic heterocycles. The van der Waals surface area contributed by atoms with Gasteiger partial charge in [-0.3, -0.25) is 19.3 Å². The van der Waals surface area contributed by atoms with Crippen LogP contribution in [0.5, 0.6) is 0 Å². The number of rotatable bonds is 6. The molecule has 0 fully saturated rings. The van der Waals surface area contributed by atoms with Crippen molar-refractivity contribution in [1.29, 1.82) is 0 Å². The Bertz CT molecular complexity index is 854. The number of hydrogen-bond donors (Lipinski definition) is 0. The molecule has 1 aromatic carbocycles. The van der Waals surface area contributed by atoms with Crippen LogP contribution in [0.25, 0.3) is 0 Å². The predicted octanol–water partition coefficient (Wildman–Crippen LogP) is 1.47. The summed E-state index contributed by atoms with van der Waals surface area (Å²) in [5.74, 6) is -1.78. The molecule has 0 N–H and O–H groups in total. The first-order chi connectivity index (χ1) is 12.9. The first-order valence-electron chi connectivity index (χ1n) is 8.30. The van der Waals surface area contributed by atoms with Crippen LogP contribution in [-0.2, 0) is 20.9 Å². The van der Waals surface area contributed by atoms with Crippen molar-refractivity contribution < 1.29 is 28.3 Å². The Morgan fingerprint density at radius 1 is 1.11 bits per heavy atom. The van der Waals surface area contributed by atoms with Crippen LogP contribution in [-0.4, -0.2) is 53.2 Å². The Morgan fingerprint density at radius 3 is 2.30 bits per heavy atom. The van der Waals surface area contributed by atoms with Crippen LogP contribution in [0.3, 0.4) is 0 Å². The Kier molecular flexibility index (Phi) is 5.07. The molecule has 0 aliphatic carbocycles. The zero-order valence-corrected chi connectivity index (χ0v) is 14.9. The molecule has 0 unspecified atom stereocenters. The average Bonchev–Trinajstić information content (AvgIpc) is 3.26. The van der Waals surface area contributed by atoms with E-state index in [1.807, 2.05) is 0 Å². The molecule has 2 heterocycles. The molecule has 0 saturated heterocycles. The van der Waals surface area contributed by atoms with Crippen LogP contribution in [0, 0.1) is 0 Å². The van der Waals surface area contributed by atoms with Crippen molar-refractivity contribution in [2.45, 2.75) is 19.5 Å². The van der Waals surface area contributed by atoms with Crippen LogP contribution in [0.1, 0.15) is 33.4 Å². The third kappa shape index (κ3) is 3.59. The molecule has 3 amide bonds. The van der Waals surface area contributed by atoms with E-state index in [4.69, 9.17) is 9.15 Å². The van der Waals surface area contributed by atoms with Crippen molar-refractivity contribution in [2.75, 3.05) is 13.7 Å². The Labute approximate surface area is 155 Å². The van der Waals surface area contributed by atoms with Gasteiger partial charge in [0, 0.05) is 7.05 Å². The average molecular weight is 370 g/mol. The van der Waals surface area contributed by atoms with Crippen molar-refractivity contribution in [3.63, 3.8) is 0 Å². The minimum Gasteiger partial charge on any atom is -0.467 e. The summed E-state index contributed by atoms with van der Waals surface area (Å²) in [6.45, 7) is 1.13. The number of carbonyl (C=O) groups is 4. The van der Waals surface area contributed by atoms with E-state index in [1.165, 1.54) is 30.2 Å². The van der Waals surface area contributed by atoms with Crippen molar-refractivity contribution >= 4 is 23.7 Å². The van der Waals surface area contributed by atoms with Crippen LogP contribution in [0.4, 0.5) is 0 Å². The van der Waals surface area contributed by atoms with Gasteiger partial charge in [0.15, 0.2) is 6.61 Å². The van der Waals surface area contributed by atoms with Gasteiger partial charge in [0.25, 0.3) is 17.7 Å². The van der Waals surface area contributed by atoms with Crippen LogP contribution in [0.2, 0.25) is 0 Å². The minimum atomic E-state index is -1.14. The SMILES string of the molecule is C[C@H](C(=O)OCC(=O)N(C)Cc1ccco1)N1C(=O)c2ccccc2C1=O. The molecule has 3 rings (SSSR count). The maximum atomic E-state index is 12.4. The van der Waals surface area contributed by atoms with Gasteiger partial charge in [0.1, 0.15) is 11.8 Å². The Hall–Kier alpha value is -3.42. The fourth-order valence-electron chi connectivity index (χ4n) is 2.75. The second kappa shape index (κ2) is 7.45. The summed E-state index contributed by atoms with van der Waals surface area (Å²) in [6.07, 6.45) is 1.50. The molecular weight excluding hydrogens is 352 g/mol. The summed E-state index contributed by atoms with van der Waals surface area (Å²) in [4.78, 5) is 51.3. The lowest BCUT2D eigenvalue weighted by molar-refractivity contribution is -0.154. The van der Waals surface area contributed by atoms with Gasteiger partial charge in [0.2, 0.25) is 0 Å². The fraction of sp³-hybridized carbons (Fsp3) is 0.263. The summed E-state index contributed by atoms with van der Waals surface area (Å²) in [5.41, 5.74) is 0.493. The largest absolute Gasteiger partial charge is 0.467 e. The molecule has 0 bridgehead atoms. The maximum absolute atomic E-state index is 12.4. The Balaban J connectivity index is 1.57. The number of fused-ring (bicyclic) bond motifs is 1. The van der Waals surface area contributed by atoms with E-state index in [1.54, 1.807) is 31.3 Å². The van der Waals surface area contributed by atoms with Crippen molar-refractivity contribution in [3.8, 4) is 0 Å². The quantitative estimate of drug-likeness (QED) is 0.564. The fourth-order valence-corrected chi connectivity index (χ4v) is 2.75. The number of likely N-dealkylation sites (N-methyl/N-ethyl adjacent to an activating group) is 1. The van der Waals surface area contributed by atoms with E-state index < -0.39 is 36.3 Å². The van der Waals surface area contributed by atoms with Crippen molar-refractivity contribution in [1.82, 2.24) is 9.80 Å². The number of nitrogens with zero attached hydrogens (tertiary/aromatic N) is 2. The van der Waals surface area contributed by atoms with E-state index in [9.17, 15) is 19.2 Å². The first kappa shape index (κ1) is 18.4. The number of hydrogen-bond acceptors (Lipinski definition) is 6. The molecule has 27 heavy (non-hydrogen) atoms. The molecule has 1 aliphatic rings. The molecule has 0 radical (unpaired) electrons. The third-order valence-electron chi connectivity index (χ3n) is 4.29. The zero-order chi connectivity index (χ0) is 19.6. The smallest absolute Gasteiger partial charge is 0.329 e. The monoisotopic (exact) mass is 370 g/mol. The zero-order valence-electron chi connectivity index (χ0n) is 14.9. The standard InChI is InChI=1S/C19H18N2O6/c1-12(21-17(23)14-7-3-4-8-15(14)18(21)24)19(25)27-11-16(22)20(2)10-13-6-5-9-26-13/h3-9,12H,10-11H2,1-2H3/t12-/m1/s1. The molecule has 0 saturated carbocycles. The number of ether oxygens (including phenoxy) is 1. The van der Waals surface area contributed by atoms with Crippen LogP contribution >= 0.6 is 0 Å². The van der Waals surface area contributed by atoms with Gasteiger partial charge in [-0.2, -0.15) is 0 Å². The molecular formula is C19H18N2O6. The molecule has 2 aromatic rings. The highest BCUT2D eigenvalue weighted by atomic mass is 16.5. The third-order valence-corrected chi connectivity index (χ3v) is 4.29. The topological polar surface area (TPSA) is 97.1 Å². The van der Waals surface area contributed by atoms with E-state index in [0.717, 1.165) is 4.90 Å². The summed E-state index contributed by atoms with van der Waals surface area (Å²) >= 11 is 0. The first-order valence-corrected chi connectivity index (χ1v) is 8.30. The molecule has 140 valence electrons. The van der Waals surface area contributed by atoms with Gasteiger partial charge in [-0.25, -0.2) is 4.79 Å². The summed E-state index contributed by atoms with van der Waals surface area (Å²) in [7, 11) is 1.55. The van der Waals surface area contributed by atoms with Crippen LogP contribution < -0.4 is 0 Å². The van der Waals surface area contributed by atoms with Gasteiger partial charge >= 0.3 is 5.97 Å². The molecule has 1 atom stereocenters. The molecule has 1 aliphatic heterocycles. The Morgan fingerprint density at radius 2 is 1.74 bits per heavy atom. The van der Waals surface area contributed by atoms with E-state index in [-0.39, 0.29) is 17.7 Å². The van der Waals surface area contributed by atoms with E-state index in [2.05, 4.69) is 0 Å². The van der Waals surface area contributed by atoms with Gasteiger partial charge in [-0.05, 0) is 31.2 Å². The summed E-state index contributed by atoms with van der Waals surface area (Å²) in [6, 6.07) is 8.63. The number of esters is 1. The molecule has 0 spiro atoms. The second-order valence-electron chi connectivity index (χ2n) is 6.14. The number of carbonyl (C=O) groups excluding carboxylic acids is 4. The van der Waals surface area contributed by atoms with Crippen molar-refractivity contribution in [3.05, 3.63) is 59.5 Å². The maximum Gasteiger partial charge on any atom is 0.329 e. The highest BCUT2D eigenvalue weighted by molar-refractivity contribution is 6.22. The lowest BCUT2D eigenvalue weighted by Gasteiger charge is -2.21. The highest BCUT2D eigenvalue weighted by Gasteiger charge is 2.41. The number of benzene rings is 1. The van der Waals surface area contributed by atoms with Crippen LogP contribution in [0.15, 0.2) is 47.1 Å². The van der Waals surface area contributed by atoms with E-state index in [0.29, 0.717) is 5.76 Å². The molecule has 8 heteroatoms. The normalized spacial score (nSPS) is 14.1. The van der Waals surface area contributed by atoms with Gasteiger partial charge in [-0.15, -0.1) is 0 Å². The predicted molar refractivity (Wildman–Crippen MR) is 92.5 cm³/mol. The van der Waals surface area contributed by atoms with Gasteiger partial charge in [0.05, 0.1) is 23.9 Å².